The van der Waals surface area contributed by atoms with Crippen molar-refractivity contribution in [3.05, 3.63) is 11.6 Å². The fraction of sp³-hybridized carbons (Fsp3) is 0.900. The van der Waals surface area contributed by atoms with Crippen LogP contribution >= 0.6 is 0 Å². The summed E-state index contributed by atoms with van der Waals surface area (Å²) in [5.74, 6) is 3.01. The molecule has 180 valence electrons. The molecule has 4 fully saturated rings. The third kappa shape index (κ3) is 2.60. The van der Waals surface area contributed by atoms with Crippen molar-refractivity contribution in [3.8, 4) is 0 Å². The van der Waals surface area contributed by atoms with Crippen molar-refractivity contribution in [2.24, 2.45) is 56.7 Å². The first-order valence-corrected chi connectivity index (χ1v) is 13.7. The Labute approximate surface area is 197 Å². The molecule has 4 saturated carbocycles. The van der Waals surface area contributed by atoms with E-state index in [1.807, 2.05) is 0 Å². The van der Waals surface area contributed by atoms with Crippen LogP contribution in [0.4, 0.5) is 0 Å². The summed E-state index contributed by atoms with van der Waals surface area (Å²) in [6.07, 6.45) is 14.2. The second-order valence-electron chi connectivity index (χ2n) is 14.4. The Hall–Kier alpha value is -0.630. The van der Waals surface area contributed by atoms with Crippen molar-refractivity contribution in [3.63, 3.8) is 0 Å². The fourth-order valence-electron chi connectivity index (χ4n) is 10.7. The summed E-state index contributed by atoms with van der Waals surface area (Å²) < 4.78 is 0. The van der Waals surface area contributed by atoms with Crippen LogP contribution in [0.15, 0.2) is 11.6 Å². The Balaban J connectivity index is 1.60. The van der Waals surface area contributed by atoms with Gasteiger partial charge in [0.15, 0.2) is 0 Å². The van der Waals surface area contributed by atoms with Crippen LogP contribution in [0, 0.1) is 56.7 Å². The molecule has 0 heterocycles. The molecule has 0 aromatic heterocycles. The van der Waals surface area contributed by atoms with Gasteiger partial charge in [-0.25, -0.2) is 0 Å². The van der Waals surface area contributed by atoms with E-state index in [-0.39, 0.29) is 27.8 Å². The second-order valence-corrected chi connectivity index (χ2v) is 14.4. The monoisotopic (exact) mass is 440 g/mol. The Kier molecular flexibility index (Phi) is 5.03. The molecule has 0 aromatic rings. The fourth-order valence-corrected chi connectivity index (χ4v) is 10.7. The smallest absolute Gasteiger partial charge is 0.126 e. The first-order valence-electron chi connectivity index (χ1n) is 13.7. The number of aliphatic hydroxyl groups is 1. The van der Waals surface area contributed by atoms with E-state index in [2.05, 4.69) is 54.5 Å². The maximum atomic E-state index is 12.6. The lowest BCUT2D eigenvalue weighted by atomic mass is 9.33. The van der Waals surface area contributed by atoms with Crippen LogP contribution in [0.5, 0.6) is 0 Å². The SMILES string of the molecule is C[C@@H]1CC[C@]2(C=O)CC[C@]3(C)C(=CCC4[C@@]5(C)CC[C@H](O)C(C)(C)C5CC[C@]43C)C2[C@H]1C. The zero-order valence-corrected chi connectivity index (χ0v) is 21.8. The van der Waals surface area contributed by atoms with Crippen LogP contribution in [0.1, 0.15) is 106 Å². The van der Waals surface area contributed by atoms with Gasteiger partial charge < -0.3 is 9.90 Å². The lowest BCUT2D eigenvalue weighted by molar-refractivity contribution is -0.203. The molecule has 5 aliphatic rings. The second kappa shape index (κ2) is 6.96. The molecular weight excluding hydrogens is 392 g/mol. The van der Waals surface area contributed by atoms with Crippen LogP contribution in [0.2, 0.25) is 0 Å². The van der Waals surface area contributed by atoms with Gasteiger partial charge in [0.25, 0.3) is 0 Å². The molecule has 3 unspecified atom stereocenters. The molecule has 10 atom stereocenters. The van der Waals surface area contributed by atoms with Crippen molar-refractivity contribution >= 4 is 6.29 Å². The Bertz CT molecular complexity index is 827. The van der Waals surface area contributed by atoms with Gasteiger partial charge in [-0.2, -0.15) is 0 Å². The molecule has 1 N–H and O–H groups in total. The van der Waals surface area contributed by atoms with Crippen molar-refractivity contribution in [1.29, 1.82) is 0 Å². The van der Waals surface area contributed by atoms with Crippen molar-refractivity contribution in [2.45, 2.75) is 112 Å². The third-order valence-corrected chi connectivity index (χ3v) is 13.3. The molecule has 2 nitrogen and oxygen atoms in total. The summed E-state index contributed by atoms with van der Waals surface area (Å²) in [7, 11) is 0. The summed E-state index contributed by atoms with van der Waals surface area (Å²) in [6, 6.07) is 0. The van der Waals surface area contributed by atoms with Gasteiger partial charge >= 0.3 is 0 Å². The molecular formula is C30H48O2. The number of fused-ring (bicyclic) bond motifs is 7. The molecule has 2 heteroatoms. The van der Waals surface area contributed by atoms with Gasteiger partial charge in [0.05, 0.1) is 6.10 Å². The van der Waals surface area contributed by atoms with Crippen molar-refractivity contribution in [2.75, 3.05) is 0 Å². The average Bonchev–Trinajstić information content (AvgIpc) is 2.74. The average molecular weight is 441 g/mol. The topological polar surface area (TPSA) is 37.3 Å². The van der Waals surface area contributed by atoms with Crippen LogP contribution in [0.25, 0.3) is 0 Å². The van der Waals surface area contributed by atoms with Crippen molar-refractivity contribution in [1.82, 2.24) is 0 Å². The maximum absolute atomic E-state index is 12.6. The normalized spacial score (nSPS) is 56.7. The van der Waals surface area contributed by atoms with Gasteiger partial charge in [0.2, 0.25) is 0 Å². The number of rotatable bonds is 1. The summed E-state index contributed by atoms with van der Waals surface area (Å²) in [5.41, 5.74) is 2.35. The van der Waals surface area contributed by atoms with E-state index in [0.29, 0.717) is 35.0 Å². The molecule has 0 amide bonds. The van der Waals surface area contributed by atoms with Crippen molar-refractivity contribution < 1.29 is 9.90 Å². The first-order chi connectivity index (χ1) is 14.9. The van der Waals surface area contributed by atoms with Crippen LogP contribution < -0.4 is 0 Å². The van der Waals surface area contributed by atoms with E-state index in [9.17, 15) is 9.90 Å². The molecule has 0 aromatic carbocycles. The largest absolute Gasteiger partial charge is 0.393 e. The number of hydrogen-bond acceptors (Lipinski definition) is 2. The summed E-state index contributed by atoms with van der Waals surface area (Å²) in [4.78, 5) is 12.6. The summed E-state index contributed by atoms with van der Waals surface area (Å²) in [6.45, 7) is 17.3. The maximum Gasteiger partial charge on any atom is 0.126 e. The predicted molar refractivity (Wildman–Crippen MR) is 131 cm³/mol. The highest BCUT2D eigenvalue weighted by atomic mass is 16.3. The lowest BCUT2D eigenvalue weighted by Gasteiger charge is -2.71. The van der Waals surface area contributed by atoms with Gasteiger partial charge in [-0.15, -0.1) is 0 Å². The molecule has 0 bridgehead atoms. The Morgan fingerprint density at radius 2 is 1.62 bits per heavy atom. The predicted octanol–water partition coefficient (Wildman–Crippen LogP) is 7.20. The molecule has 32 heavy (non-hydrogen) atoms. The molecule has 5 aliphatic carbocycles. The molecule has 0 aliphatic heterocycles. The van der Waals surface area contributed by atoms with Gasteiger partial charge in [-0.3, -0.25) is 0 Å². The van der Waals surface area contributed by atoms with Crippen LogP contribution in [-0.2, 0) is 4.79 Å². The number of aldehydes is 1. The minimum Gasteiger partial charge on any atom is -0.393 e. The number of hydrogen-bond donors (Lipinski definition) is 1. The quantitative estimate of drug-likeness (QED) is 0.346. The zero-order valence-electron chi connectivity index (χ0n) is 21.8. The van der Waals surface area contributed by atoms with Crippen LogP contribution in [0.3, 0.4) is 0 Å². The first kappa shape index (κ1) is 23.1. The van der Waals surface area contributed by atoms with E-state index in [1.54, 1.807) is 5.57 Å². The molecule has 0 spiro atoms. The van der Waals surface area contributed by atoms with Gasteiger partial charge in [0.1, 0.15) is 6.29 Å². The highest BCUT2D eigenvalue weighted by molar-refractivity contribution is 5.63. The zero-order chi connectivity index (χ0) is 23.3. The van der Waals surface area contributed by atoms with Gasteiger partial charge in [-0.05, 0) is 109 Å². The molecule has 5 rings (SSSR count). The number of carbonyl (C=O) groups excluding carboxylic acids is 1. The van der Waals surface area contributed by atoms with Gasteiger partial charge in [0, 0.05) is 5.41 Å². The standard InChI is InChI=1S/C30H48O2/c1-19-10-15-30(18-31)17-16-28(6)21(25(30)20(19)2)8-9-23-27(5)13-12-24(32)26(3,4)22(27)11-14-29(23,28)7/h8,18-20,22-25,32H,9-17H2,1-7H3/t19-,20+,22?,23?,24+,25?,27+,28-,29-,30-/m1/s1. The number of carbonyl (C=O) groups is 1. The van der Waals surface area contributed by atoms with Gasteiger partial charge in [-0.1, -0.05) is 60.1 Å². The van der Waals surface area contributed by atoms with E-state index >= 15 is 0 Å². The minimum absolute atomic E-state index is 0.00573. The number of allylic oxidation sites excluding steroid dienone is 2. The molecule has 0 radical (unpaired) electrons. The minimum atomic E-state index is -0.164. The van der Waals surface area contributed by atoms with E-state index in [1.165, 1.54) is 38.4 Å². The lowest BCUT2D eigenvalue weighted by Crippen LogP contribution is -2.65. The Morgan fingerprint density at radius 1 is 0.906 bits per heavy atom. The summed E-state index contributed by atoms with van der Waals surface area (Å²) >= 11 is 0. The highest BCUT2D eigenvalue weighted by Gasteiger charge is 2.68. The molecule has 0 saturated heterocycles. The van der Waals surface area contributed by atoms with E-state index in [4.69, 9.17) is 0 Å². The van der Waals surface area contributed by atoms with E-state index in [0.717, 1.165) is 25.7 Å². The van der Waals surface area contributed by atoms with E-state index < -0.39 is 0 Å². The summed E-state index contributed by atoms with van der Waals surface area (Å²) in [5, 5.41) is 10.9. The Morgan fingerprint density at radius 3 is 2.31 bits per heavy atom. The van der Waals surface area contributed by atoms with Crippen LogP contribution in [-0.4, -0.2) is 17.5 Å². The number of aliphatic hydroxyl groups excluding tert-OH is 1. The third-order valence-electron chi connectivity index (χ3n) is 13.3. The highest BCUT2D eigenvalue weighted by Crippen LogP contribution is 2.75.